The van der Waals surface area contributed by atoms with Crippen LogP contribution in [0, 0.1) is 0 Å². The molecule has 5 heteroatoms. The molecule has 1 rings (SSSR count). The first-order chi connectivity index (χ1) is 7.00. The first-order valence-electron chi connectivity index (χ1n) is 4.62. The Morgan fingerprint density at radius 1 is 1.60 bits per heavy atom. The van der Waals surface area contributed by atoms with E-state index in [0.29, 0.717) is 23.5 Å². The third-order valence-electron chi connectivity index (χ3n) is 1.90. The SMILES string of the molecule is CC(O)CNc1cc(N)ccc1C(N)=O. The van der Waals surface area contributed by atoms with Crippen LogP contribution < -0.4 is 16.8 Å². The molecule has 0 heterocycles. The van der Waals surface area contributed by atoms with Gasteiger partial charge in [0.2, 0.25) is 0 Å². The quantitative estimate of drug-likeness (QED) is 0.530. The summed E-state index contributed by atoms with van der Waals surface area (Å²) in [5, 5.41) is 12.0. The van der Waals surface area contributed by atoms with E-state index in [4.69, 9.17) is 16.6 Å². The second-order valence-corrected chi connectivity index (χ2v) is 3.40. The molecule has 82 valence electrons. The van der Waals surface area contributed by atoms with Gasteiger partial charge >= 0.3 is 0 Å². The van der Waals surface area contributed by atoms with Crippen molar-refractivity contribution in [2.24, 2.45) is 5.73 Å². The van der Waals surface area contributed by atoms with Gasteiger partial charge in [-0.15, -0.1) is 0 Å². The average Bonchev–Trinajstić information content (AvgIpc) is 2.14. The number of benzene rings is 1. The molecule has 1 aromatic carbocycles. The number of rotatable bonds is 4. The second-order valence-electron chi connectivity index (χ2n) is 3.40. The Hall–Kier alpha value is -1.75. The van der Waals surface area contributed by atoms with Crippen LogP contribution in [0.1, 0.15) is 17.3 Å². The van der Waals surface area contributed by atoms with Crippen molar-refractivity contribution in [1.82, 2.24) is 0 Å². The fraction of sp³-hybridized carbons (Fsp3) is 0.300. The van der Waals surface area contributed by atoms with Gasteiger partial charge in [0.1, 0.15) is 0 Å². The van der Waals surface area contributed by atoms with Crippen molar-refractivity contribution in [3.05, 3.63) is 23.8 Å². The molecule has 0 aromatic heterocycles. The van der Waals surface area contributed by atoms with E-state index >= 15 is 0 Å². The number of carbonyl (C=O) groups is 1. The maximum absolute atomic E-state index is 11.1. The number of aliphatic hydroxyl groups excluding tert-OH is 1. The molecular formula is C10H15N3O2. The zero-order valence-corrected chi connectivity index (χ0v) is 8.53. The Morgan fingerprint density at radius 2 is 2.27 bits per heavy atom. The van der Waals surface area contributed by atoms with Crippen LogP contribution in [0.2, 0.25) is 0 Å². The van der Waals surface area contributed by atoms with Gasteiger partial charge in [-0.2, -0.15) is 0 Å². The van der Waals surface area contributed by atoms with Crippen molar-refractivity contribution in [2.45, 2.75) is 13.0 Å². The number of nitrogens with one attached hydrogen (secondary N) is 1. The van der Waals surface area contributed by atoms with E-state index in [1.54, 1.807) is 25.1 Å². The van der Waals surface area contributed by atoms with E-state index in [0.717, 1.165) is 0 Å². The van der Waals surface area contributed by atoms with Crippen molar-refractivity contribution < 1.29 is 9.90 Å². The van der Waals surface area contributed by atoms with Gasteiger partial charge in [-0.05, 0) is 25.1 Å². The molecule has 1 aromatic rings. The number of aliphatic hydroxyl groups is 1. The zero-order chi connectivity index (χ0) is 11.4. The summed E-state index contributed by atoms with van der Waals surface area (Å²) in [7, 11) is 0. The molecule has 0 aliphatic carbocycles. The van der Waals surface area contributed by atoms with E-state index in [2.05, 4.69) is 5.32 Å². The van der Waals surface area contributed by atoms with Crippen LogP contribution in [0.4, 0.5) is 11.4 Å². The van der Waals surface area contributed by atoms with E-state index in [-0.39, 0.29) is 0 Å². The van der Waals surface area contributed by atoms with Crippen molar-refractivity contribution in [3.63, 3.8) is 0 Å². The number of amides is 1. The summed E-state index contributed by atoms with van der Waals surface area (Å²) < 4.78 is 0. The summed E-state index contributed by atoms with van der Waals surface area (Å²) in [6.45, 7) is 1.98. The lowest BCUT2D eigenvalue weighted by molar-refractivity contribution is 0.100. The molecule has 1 amide bonds. The molecule has 0 saturated carbocycles. The fourth-order valence-electron chi connectivity index (χ4n) is 1.18. The second kappa shape index (κ2) is 4.65. The molecule has 0 radical (unpaired) electrons. The Balaban J connectivity index is 2.92. The van der Waals surface area contributed by atoms with E-state index in [9.17, 15) is 4.79 Å². The standard InChI is InChI=1S/C10H15N3O2/c1-6(14)5-13-9-4-7(11)2-3-8(9)10(12)15/h2-4,6,13-14H,5,11H2,1H3,(H2,12,15). The molecular weight excluding hydrogens is 194 g/mol. The summed E-state index contributed by atoms with van der Waals surface area (Å²) in [6, 6.07) is 4.78. The van der Waals surface area contributed by atoms with Gasteiger partial charge in [0.25, 0.3) is 5.91 Å². The Labute approximate surface area is 88.1 Å². The number of nitrogen functional groups attached to an aromatic ring is 1. The molecule has 0 aliphatic rings. The highest BCUT2D eigenvalue weighted by atomic mass is 16.3. The highest BCUT2D eigenvalue weighted by Crippen LogP contribution is 2.18. The fourth-order valence-corrected chi connectivity index (χ4v) is 1.18. The third kappa shape index (κ3) is 3.14. The number of anilines is 2. The predicted octanol–water partition coefficient (Wildman–Crippen LogP) is 0.160. The number of hydrogen-bond acceptors (Lipinski definition) is 4. The van der Waals surface area contributed by atoms with Gasteiger partial charge in [-0.1, -0.05) is 0 Å². The summed E-state index contributed by atoms with van der Waals surface area (Å²) >= 11 is 0. The minimum atomic E-state index is -0.525. The molecule has 0 spiro atoms. The van der Waals surface area contributed by atoms with Gasteiger partial charge in [0, 0.05) is 17.9 Å². The highest BCUT2D eigenvalue weighted by Gasteiger charge is 2.08. The summed E-state index contributed by atoms with van der Waals surface area (Å²) in [5.41, 5.74) is 12.2. The molecule has 15 heavy (non-hydrogen) atoms. The number of primary amides is 1. The van der Waals surface area contributed by atoms with Crippen molar-refractivity contribution in [3.8, 4) is 0 Å². The van der Waals surface area contributed by atoms with Crippen molar-refractivity contribution >= 4 is 17.3 Å². The normalized spacial score (nSPS) is 12.1. The molecule has 1 unspecified atom stereocenters. The van der Waals surface area contributed by atoms with Crippen LogP contribution in [-0.4, -0.2) is 23.7 Å². The van der Waals surface area contributed by atoms with E-state index in [1.807, 2.05) is 0 Å². The van der Waals surface area contributed by atoms with Gasteiger partial charge in [-0.25, -0.2) is 0 Å². The zero-order valence-electron chi connectivity index (χ0n) is 8.53. The largest absolute Gasteiger partial charge is 0.399 e. The van der Waals surface area contributed by atoms with Crippen LogP contribution in [0.5, 0.6) is 0 Å². The Morgan fingerprint density at radius 3 is 2.80 bits per heavy atom. The predicted molar refractivity (Wildman–Crippen MR) is 59.5 cm³/mol. The number of nitrogens with two attached hydrogens (primary N) is 2. The maximum atomic E-state index is 11.1. The van der Waals surface area contributed by atoms with Crippen LogP contribution in [0.3, 0.4) is 0 Å². The van der Waals surface area contributed by atoms with Gasteiger partial charge < -0.3 is 21.9 Å². The monoisotopic (exact) mass is 209 g/mol. The van der Waals surface area contributed by atoms with Crippen molar-refractivity contribution in [2.75, 3.05) is 17.6 Å². The molecule has 0 aliphatic heterocycles. The van der Waals surface area contributed by atoms with Gasteiger partial charge in [-0.3, -0.25) is 4.79 Å². The number of carbonyl (C=O) groups excluding carboxylic acids is 1. The molecule has 0 saturated heterocycles. The lowest BCUT2D eigenvalue weighted by atomic mass is 10.1. The van der Waals surface area contributed by atoms with Crippen LogP contribution in [0.25, 0.3) is 0 Å². The summed E-state index contributed by atoms with van der Waals surface area (Å²) in [4.78, 5) is 11.1. The third-order valence-corrected chi connectivity index (χ3v) is 1.90. The molecule has 1 atom stereocenters. The molecule has 0 fully saturated rings. The van der Waals surface area contributed by atoms with Crippen LogP contribution >= 0.6 is 0 Å². The van der Waals surface area contributed by atoms with E-state index in [1.165, 1.54) is 0 Å². The maximum Gasteiger partial charge on any atom is 0.250 e. The number of hydrogen-bond donors (Lipinski definition) is 4. The lowest BCUT2D eigenvalue weighted by Gasteiger charge is -2.12. The average molecular weight is 209 g/mol. The van der Waals surface area contributed by atoms with Gasteiger partial charge in [0.05, 0.1) is 11.7 Å². The topological polar surface area (TPSA) is 101 Å². The molecule has 5 nitrogen and oxygen atoms in total. The minimum Gasteiger partial charge on any atom is -0.399 e. The molecule has 6 N–H and O–H groups in total. The lowest BCUT2D eigenvalue weighted by Crippen LogP contribution is -2.19. The van der Waals surface area contributed by atoms with E-state index < -0.39 is 12.0 Å². The Bertz CT molecular complexity index is 364. The summed E-state index contributed by atoms with van der Waals surface area (Å²) in [6.07, 6.45) is -0.507. The van der Waals surface area contributed by atoms with Gasteiger partial charge in [0.15, 0.2) is 0 Å². The molecule has 0 bridgehead atoms. The van der Waals surface area contributed by atoms with Crippen molar-refractivity contribution in [1.29, 1.82) is 0 Å². The van der Waals surface area contributed by atoms with Crippen LogP contribution in [0.15, 0.2) is 18.2 Å². The Kier molecular flexibility index (Phi) is 3.51. The first-order valence-corrected chi connectivity index (χ1v) is 4.62. The first kappa shape index (κ1) is 11.3. The van der Waals surface area contributed by atoms with Crippen LogP contribution in [-0.2, 0) is 0 Å². The minimum absolute atomic E-state index is 0.337. The summed E-state index contributed by atoms with van der Waals surface area (Å²) in [5.74, 6) is -0.525. The highest BCUT2D eigenvalue weighted by molar-refractivity contribution is 5.99. The smallest absolute Gasteiger partial charge is 0.250 e.